The molecule has 0 aliphatic carbocycles. The Morgan fingerprint density at radius 2 is 1.72 bits per heavy atom. The van der Waals surface area contributed by atoms with Gasteiger partial charge in [0.05, 0.1) is 6.54 Å². The molecule has 0 amide bonds. The molecule has 1 unspecified atom stereocenters. The van der Waals surface area contributed by atoms with Gasteiger partial charge < -0.3 is 5.32 Å². The van der Waals surface area contributed by atoms with Crippen molar-refractivity contribution in [3.8, 4) is 0 Å². The molecular formula is C15H30N2S. The summed E-state index contributed by atoms with van der Waals surface area (Å²) in [6, 6.07) is 0. The lowest BCUT2D eigenvalue weighted by molar-refractivity contribution is 0.342. The fourth-order valence-electron chi connectivity index (χ4n) is 2.52. The summed E-state index contributed by atoms with van der Waals surface area (Å²) in [7, 11) is 0. The molecule has 1 aliphatic rings. The SMILES string of the molecule is CCC(CC)(CC)NC1=NCC(CC(C)(C)C)S1. The Bertz CT molecular complexity index is 279. The third kappa shape index (κ3) is 4.49. The van der Waals surface area contributed by atoms with Gasteiger partial charge in [-0.2, -0.15) is 0 Å². The number of hydrogen-bond acceptors (Lipinski definition) is 3. The highest BCUT2D eigenvalue weighted by atomic mass is 32.2. The third-order valence-corrected chi connectivity index (χ3v) is 5.06. The van der Waals surface area contributed by atoms with Crippen molar-refractivity contribution in [1.29, 1.82) is 0 Å². The Morgan fingerprint density at radius 3 is 2.17 bits per heavy atom. The lowest BCUT2D eigenvalue weighted by atomic mass is 9.90. The summed E-state index contributed by atoms with van der Waals surface area (Å²) >= 11 is 1.95. The van der Waals surface area contributed by atoms with Crippen LogP contribution in [-0.2, 0) is 0 Å². The van der Waals surface area contributed by atoms with Crippen LogP contribution in [0.5, 0.6) is 0 Å². The summed E-state index contributed by atoms with van der Waals surface area (Å²) in [6.45, 7) is 14.7. The molecule has 0 spiro atoms. The fraction of sp³-hybridized carbons (Fsp3) is 0.933. The van der Waals surface area contributed by atoms with Gasteiger partial charge in [0.2, 0.25) is 0 Å². The third-order valence-electron chi connectivity index (χ3n) is 3.96. The van der Waals surface area contributed by atoms with Gasteiger partial charge in [-0.1, -0.05) is 53.3 Å². The summed E-state index contributed by atoms with van der Waals surface area (Å²) < 4.78 is 0. The molecule has 1 aliphatic heterocycles. The minimum atomic E-state index is 0.252. The molecule has 2 nitrogen and oxygen atoms in total. The summed E-state index contributed by atoms with van der Waals surface area (Å²) in [4.78, 5) is 4.70. The van der Waals surface area contributed by atoms with E-state index in [0.717, 1.165) is 6.54 Å². The molecule has 106 valence electrons. The van der Waals surface area contributed by atoms with Crippen LogP contribution in [0.15, 0.2) is 4.99 Å². The number of nitrogens with zero attached hydrogens (tertiary/aromatic N) is 1. The van der Waals surface area contributed by atoms with Crippen molar-refractivity contribution in [3.63, 3.8) is 0 Å². The first-order valence-electron chi connectivity index (χ1n) is 7.33. The Balaban J connectivity index is 2.51. The van der Waals surface area contributed by atoms with Crippen LogP contribution in [0.4, 0.5) is 0 Å². The second-order valence-corrected chi connectivity index (χ2v) is 7.91. The Kier molecular flexibility index (Phi) is 5.57. The molecule has 0 saturated heterocycles. The van der Waals surface area contributed by atoms with E-state index in [4.69, 9.17) is 4.99 Å². The molecule has 1 rings (SSSR count). The Morgan fingerprint density at radius 1 is 1.17 bits per heavy atom. The normalized spacial score (nSPS) is 21.0. The van der Waals surface area contributed by atoms with Gasteiger partial charge in [0.25, 0.3) is 0 Å². The molecule has 18 heavy (non-hydrogen) atoms. The number of nitrogens with one attached hydrogen (secondary N) is 1. The average Bonchev–Trinajstić information content (AvgIpc) is 2.71. The van der Waals surface area contributed by atoms with Gasteiger partial charge in [-0.15, -0.1) is 0 Å². The lowest BCUT2D eigenvalue weighted by Crippen LogP contribution is -2.45. The first kappa shape index (κ1) is 15.9. The van der Waals surface area contributed by atoms with E-state index < -0.39 is 0 Å². The van der Waals surface area contributed by atoms with Crippen molar-refractivity contribution in [2.24, 2.45) is 10.4 Å². The quantitative estimate of drug-likeness (QED) is 0.798. The highest BCUT2D eigenvalue weighted by Crippen LogP contribution is 2.32. The van der Waals surface area contributed by atoms with Crippen LogP contribution in [0.3, 0.4) is 0 Å². The number of hydrogen-bond donors (Lipinski definition) is 1. The maximum absolute atomic E-state index is 4.70. The monoisotopic (exact) mass is 270 g/mol. The first-order chi connectivity index (χ1) is 8.34. The predicted molar refractivity (Wildman–Crippen MR) is 84.5 cm³/mol. The van der Waals surface area contributed by atoms with Crippen LogP contribution in [0.2, 0.25) is 0 Å². The van der Waals surface area contributed by atoms with Crippen LogP contribution in [0, 0.1) is 5.41 Å². The van der Waals surface area contributed by atoms with Crippen molar-refractivity contribution >= 4 is 16.9 Å². The topological polar surface area (TPSA) is 24.4 Å². The predicted octanol–water partition coefficient (Wildman–Crippen LogP) is 4.45. The van der Waals surface area contributed by atoms with Crippen LogP contribution in [0.25, 0.3) is 0 Å². The molecule has 3 heteroatoms. The summed E-state index contributed by atoms with van der Waals surface area (Å²) in [6.07, 6.45) is 4.75. The molecule has 1 N–H and O–H groups in total. The largest absolute Gasteiger partial charge is 0.360 e. The maximum Gasteiger partial charge on any atom is 0.157 e. The molecule has 1 atom stereocenters. The van der Waals surface area contributed by atoms with Gasteiger partial charge in [-0.25, -0.2) is 0 Å². The van der Waals surface area contributed by atoms with Crippen LogP contribution < -0.4 is 5.32 Å². The van der Waals surface area contributed by atoms with E-state index >= 15 is 0 Å². The molecule has 0 radical (unpaired) electrons. The fourth-order valence-corrected chi connectivity index (χ4v) is 3.99. The van der Waals surface area contributed by atoms with E-state index in [1.54, 1.807) is 0 Å². The van der Waals surface area contributed by atoms with E-state index in [0.29, 0.717) is 10.7 Å². The molecule has 0 aromatic carbocycles. The van der Waals surface area contributed by atoms with Crippen molar-refractivity contribution in [2.45, 2.75) is 78.0 Å². The number of aliphatic imine (C=N–C) groups is 1. The van der Waals surface area contributed by atoms with Crippen molar-refractivity contribution < 1.29 is 0 Å². The van der Waals surface area contributed by atoms with Gasteiger partial charge in [0.1, 0.15) is 0 Å². The Labute approximate surface area is 117 Å². The zero-order chi connectivity index (χ0) is 13.8. The molecule has 0 aromatic rings. The van der Waals surface area contributed by atoms with Crippen molar-refractivity contribution in [1.82, 2.24) is 5.32 Å². The molecule has 1 heterocycles. The standard InChI is InChI=1S/C15H30N2S/c1-7-15(8-2,9-3)17-13-16-11-12(18-13)10-14(4,5)6/h12H,7-11H2,1-6H3,(H,16,17). The van der Waals surface area contributed by atoms with Crippen LogP contribution in [0.1, 0.15) is 67.2 Å². The Hall–Kier alpha value is -0.180. The van der Waals surface area contributed by atoms with Gasteiger partial charge in [-0.05, 0) is 31.1 Å². The second kappa shape index (κ2) is 6.31. The van der Waals surface area contributed by atoms with Gasteiger partial charge in [0.15, 0.2) is 5.17 Å². The van der Waals surface area contributed by atoms with Crippen molar-refractivity contribution in [3.05, 3.63) is 0 Å². The molecular weight excluding hydrogens is 240 g/mol. The van der Waals surface area contributed by atoms with Gasteiger partial charge >= 0.3 is 0 Å². The van der Waals surface area contributed by atoms with E-state index in [-0.39, 0.29) is 5.54 Å². The number of thioether (sulfide) groups is 1. The van der Waals surface area contributed by atoms with Gasteiger partial charge in [0, 0.05) is 10.8 Å². The van der Waals surface area contributed by atoms with E-state index in [9.17, 15) is 0 Å². The highest BCUT2D eigenvalue weighted by Gasteiger charge is 2.30. The number of rotatable bonds is 5. The van der Waals surface area contributed by atoms with Gasteiger partial charge in [-0.3, -0.25) is 4.99 Å². The average molecular weight is 270 g/mol. The minimum Gasteiger partial charge on any atom is -0.360 e. The van der Waals surface area contributed by atoms with E-state index in [1.165, 1.54) is 30.9 Å². The highest BCUT2D eigenvalue weighted by molar-refractivity contribution is 8.14. The summed E-state index contributed by atoms with van der Waals surface area (Å²) in [5.74, 6) is 0. The van der Waals surface area contributed by atoms with E-state index in [2.05, 4.69) is 46.9 Å². The maximum atomic E-state index is 4.70. The van der Waals surface area contributed by atoms with Crippen molar-refractivity contribution in [2.75, 3.05) is 6.54 Å². The second-order valence-electron chi connectivity index (χ2n) is 6.62. The molecule has 0 bridgehead atoms. The lowest BCUT2D eigenvalue weighted by Gasteiger charge is -2.32. The van der Waals surface area contributed by atoms with Crippen LogP contribution >= 0.6 is 11.8 Å². The van der Waals surface area contributed by atoms with E-state index in [1.807, 2.05) is 11.8 Å². The summed E-state index contributed by atoms with van der Waals surface area (Å²) in [5, 5.41) is 5.55. The molecule has 0 fully saturated rings. The summed E-state index contributed by atoms with van der Waals surface area (Å²) in [5.41, 5.74) is 0.655. The zero-order valence-electron chi connectivity index (χ0n) is 13.0. The van der Waals surface area contributed by atoms with Crippen LogP contribution in [-0.4, -0.2) is 22.5 Å². The first-order valence-corrected chi connectivity index (χ1v) is 8.21. The smallest absolute Gasteiger partial charge is 0.157 e. The number of amidine groups is 1. The molecule has 0 saturated carbocycles. The zero-order valence-corrected chi connectivity index (χ0v) is 13.8. The molecule has 0 aromatic heterocycles. The minimum absolute atomic E-state index is 0.252.